The molecule has 0 saturated heterocycles. The Morgan fingerprint density at radius 3 is 2.68 bits per heavy atom. The van der Waals surface area contributed by atoms with Crippen LogP contribution in [0.1, 0.15) is 12.7 Å². The number of rotatable bonds is 5. The molecule has 2 heterocycles. The van der Waals surface area contributed by atoms with E-state index in [0.717, 1.165) is 5.76 Å². The van der Waals surface area contributed by atoms with E-state index in [4.69, 9.17) is 9.52 Å². The van der Waals surface area contributed by atoms with Gasteiger partial charge in [-0.05, 0) is 31.2 Å². The van der Waals surface area contributed by atoms with Crippen molar-refractivity contribution in [1.29, 1.82) is 0 Å². The Kier molecular flexibility index (Phi) is 3.79. The normalized spacial score (nSPS) is 12.1. The summed E-state index contributed by atoms with van der Waals surface area (Å²) in [5.74, 6) is 0.696. The maximum atomic E-state index is 10.7. The molecule has 2 rings (SSSR count). The van der Waals surface area contributed by atoms with Crippen LogP contribution < -0.4 is 5.32 Å². The summed E-state index contributed by atoms with van der Waals surface area (Å²) in [5, 5.41) is 19.7. The van der Waals surface area contributed by atoms with E-state index in [1.165, 1.54) is 0 Å². The highest BCUT2D eigenvalue weighted by atomic mass is 16.4. The highest BCUT2D eigenvalue weighted by Gasteiger charge is 2.11. The van der Waals surface area contributed by atoms with Gasteiger partial charge in [-0.2, -0.15) is 0 Å². The van der Waals surface area contributed by atoms with Gasteiger partial charge in [0.05, 0.1) is 5.92 Å². The Bertz CT molecular complexity index is 563. The van der Waals surface area contributed by atoms with Crippen molar-refractivity contribution in [3.8, 4) is 11.5 Å². The highest BCUT2D eigenvalue weighted by Crippen LogP contribution is 2.19. The molecule has 6 nitrogen and oxygen atoms in total. The summed E-state index contributed by atoms with van der Waals surface area (Å²) in [6.45, 7) is 3.80. The first-order valence-corrected chi connectivity index (χ1v) is 5.93. The van der Waals surface area contributed by atoms with Crippen molar-refractivity contribution < 1.29 is 14.3 Å². The van der Waals surface area contributed by atoms with Crippen LogP contribution in [0, 0.1) is 12.8 Å². The van der Waals surface area contributed by atoms with Gasteiger partial charge < -0.3 is 14.8 Å². The van der Waals surface area contributed by atoms with Gasteiger partial charge in [-0.3, -0.25) is 4.79 Å². The lowest BCUT2D eigenvalue weighted by Crippen LogP contribution is -2.20. The molecule has 2 aromatic heterocycles. The summed E-state index contributed by atoms with van der Waals surface area (Å²) in [6.07, 6.45) is 0. The zero-order valence-corrected chi connectivity index (χ0v) is 10.8. The number of hydrogen-bond acceptors (Lipinski definition) is 5. The number of nitrogens with zero attached hydrogens (tertiary/aromatic N) is 2. The van der Waals surface area contributed by atoms with E-state index < -0.39 is 11.9 Å². The van der Waals surface area contributed by atoms with E-state index in [2.05, 4.69) is 15.5 Å². The Morgan fingerprint density at radius 2 is 2.16 bits per heavy atom. The van der Waals surface area contributed by atoms with Crippen LogP contribution in [0.2, 0.25) is 0 Å². The number of aromatic nitrogens is 2. The number of carboxylic acid groups (broad SMARTS) is 1. The summed E-state index contributed by atoms with van der Waals surface area (Å²) in [7, 11) is 0. The van der Waals surface area contributed by atoms with Crippen molar-refractivity contribution in [2.24, 2.45) is 5.92 Å². The molecule has 0 fully saturated rings. The van der Waals surface area contributed by atoms with Crippen molar-refractivity contribution in [2.45, 2.75) is 13.8 Å². The van der Waals surface area contributed by atoms with Crippen LogP contribution in [-0.4, -0.2) is 27.8 Å². The second-order valence-electron chi connectivity index (χ2n) is 4.33. The fraction of sp³-hybridized carbons (Fsp3) is 0.308. The first-order valence-electron chi connectivity index (χ1n) is 5.93. The average Bonchev–Trinajstić information content (AvgIpc) is 2.83. The summed E-state index contributed by atoms with van der Waals surface area (Å²) >= 11 is 0. The number of anilines is 1. The lowest BCUT2D eigenvalue weighted by Gasteiger charge is -2.08. The number of nitrogens with one attached hydrogen (secondary N) is 1. The standard InChI is InChI=1S/C13H15N3O3/c1-8(13(17)18)7-14-12-6-4-10(15-16-12)11-5-3-9(2)19-11/h3-6,8H,7H2,1-2H3,(H,14,16)(H,17,18). The minimum Gasteiger partial charge on any atom is -0.481 e. The molecule has 2 aromatic rings. The van der Waals surface area contributed by atoms with Crippen LogP contribution in [0.5, 0.6) is 0 Å². The largest absolute Gasteiger partial charge is 0.481 e. The molecule has 1 atom stereocenters. The Hall–Kier alpha value is -2.37. The van der Waals surface area contributed by atoms with Gasteiger partial charge in [-0.1, -0.05) is 6.92 Å². The van der Waals surface area contributed by atoms with Crippen molar-refractivity contribution in [3.05, 3.63) is 30.0 Å². The molecule has 0 amide bonds. The van der Waals surface area contributed by atoms with Gasteiger partial charge in [-0.25, -0.2) is 0 Å². The minimum absolute atomic E-state index is 0.309. The molecule has 1 unspecified atom stereocenters. The zero-order valence-electron chi connectivity index (χ0n) is 10.8. The number of aliphatic carboxylic acids is 1. The maximum absolute atomic E-state index is 10.7. The first kappa shape index (κ1) is 13.1. The van der Waals surface area contributed by atoms with E-state index in [0.29, 0.717) is 23.8 Å². The lowest BCUT2D eigenvalue weighted by atomic mass is 10.2. The Morgan fingerprint density at radius 1 is 1.37 bits per heavy atom. The molecule has 0 saturated carbocycles. The third-order valence-electron chi connectivity index (χ3n) is 2.67. The average molecular weight is 261 g/mol. The molecule has 0 aliphatic heterocycles. The second kappa shape index (κ2) is 5.51. The summed E-state index contributed by atoms with van der Waals surface area (Å²) < 4.78 is 5.44. The molecular formula is C13H15N3O3. The van der Waals surface area contributed by atoms with Crippen LogP contribution in [0.3, 0.4) is 0 Å². The SMILES string of the molecule is Cc1ccc(-c2ccc(NCC(C)C(=O)O)nn2)o1. The predicted molar refractivity (Wildman–Crippen MR) is 69.8 cm³/mol. The van der Waals surface area contributed by atoms with E-state index >= 15 is 0 Å². The van der Waals surface area contributed by atoms with Crippen molar-refractivity contribution in [1.82, 2.24) is 10.2 Å². The molecule has 0 radical (unpaired) electrons. The number of furan rings is 1. The number of aryl methyl sites for hydroxylation is 1. The molecule has 0 aliphatic rings. The minimum atomic E-state index is -0.844. The monoisotopic (exact) mass is 261 g/mol. The Balaban J connectivity index is 2.01. The van der Waals surface area contributed by atoms with Gasteiger partial charge in [0.15, 0.2) is 5.76 Å². The van der Waals surface area contributed by atoms with Gasteiger partial charge in [0.1, 0.15) is 17.3 Å². The van der Waals surface area contributed by atoms with Gasteiger partial charge >= 0.3 is 5.97 Å². The molecule has 0 aliphatic carbocycles. The fourth-order valence-electron chi connectivity index (χ4n) is 1.48. The van der Waals surface area contributed by atoms with Crippen LogP contribution in [-0.2, 0) is 4.79 Å². The third-order valence-corrected chi connectivity index (χ3v) is 2.67. The molecular weight excluding hydrogens is 246 g/mol. The molecule has 6 heteroatoms. The number of hydrogen-bond donors (Lipinski definition) is 2. The fourth-order valence-corrected chi connectivity index (χ4v) is 1.48. The molecule has 19 heavy (non-hydrogen) atoms. The van der Waals surface area contributed by atoms with Gasteiger partial charge in [0.2, 0.25) is 0 Å². The highest BCUT2D eigenvalue weighted by molar-refractivity contribution is 5.70. The van der Waals surface area contributed by atoms with Crippen molar-refractivity contribution in [2.75, 3.05) is 11.9 Å². The van der Waals surface area contributed by atoms with E-state index in [1.807, 2.05) is 19.1 Å². The quantitative estimate of drug-likeness (QED) is 0.857. The first-order chi connectivity index (χ1) is 9.06. The summed E-state index contributed by atoms with van der Waals surface area (Å²) in [4.78, 5) is 10.7. The molecule has 100 valence electrons. The van der Waals surface area contributed by atoms with Crippen molar-refractivity contribution >= 4 is 11.8 Å². The zero-order chi connectivity index (χ0) is 13.8. The van der Waals surface area contributed by atoms with Crippen LogP contribution in [0.15, 0.2) is 28.7 Å². The molecule has 0 bridgehead atoms. The summed E-state index contributed by atoms with van der Waals surface area (Å²) in [6, 6.07) is 7.21. The van der Waals surface area contributed by atoms with E-state index in [9.17, 15) is 4.79 Å². The topological polar surface area (TPSA) is 88.2 Å². The van der Waals surface area contributed by atoms with Crippen LogP contribution >= 0.6 is 0 Å². The summed E-state index contributed by atoms with van der Waals surface area (Å²) in [5.41, 5.74) is 0.643. The number of carbonyl (C=O) groups is 1. The Labute approximate surface area is 110 Å². The lowest BCUT2D eigenvalue weighted by molar-refractivity contribution is -0.140. The van der Waals surface area contributed by atoms with Gasteiger partial charge in [0.25, 0.3) is 0 Å². The van der Waals surface area contributed by atoms with Gasteiger partial charge in [0, 0.05) is 6.54 Å². The van der Waals surface area contributed by atoms with Crippen LogP contribution in [0.25, 0.3) is 11.5 Å². The number of carboxylic acids is 1. The molecule has 0 spiro atoms. The van der Waals surface area contributed by atoms with Crippen molar-refractivity contribution in [3.63, 3.8) is 0 Å². The van der Waals surface area contributed by atoms with E-state index in [-0.39, 0.29) is 0 Å². The molecule has 2 N–H and O–H groups in total. The molecule has 0 aromatic carbocycles. The second-order valence-corrected chi connectivity index (χ2v) is 4.33. The van der Waals surface area contributed by atoms with E-state index in [1.54, 1.807) is 19.1 Å². The van der Waals surface area contributed by atoms with Gasteiger partial charge in [-0.15, -0.1) is 10.2 Å². The maximum Gasteiger partial charge on any atom is 0.308 e. The third kappa shape index (κ3) is 3.31. The predicted octanol–water partition coefficient (Wildman–Crippen LogP) is 2.18. The smallest absolute Gasteiger partial charge is 0.308 e. The van der Waals surface area contributed by atoms with Crippen LogP contribution in [0.4, 0.5) is 5.82 Å².